The Balaban J connectivity index is 1.46. The molecular weight excluding hydrogens is 322 g/mol. The van der Waals surface area contributed by atoms with E-state index in [9.17, 15) is 4.79 Å². The maximum Gasteiger partial charge on any atom is 0.251 e. The van der Waals surface area contributed by atoms with Gasteiger partial charge in [-0.05, 0) is 19.8 Å². The van der Waals surface area contributed by atoms with Crippen LogP contribution < -0.4 is 9.64 Å². The molecule has 3 rings (SSSR count). The molecule has 2 fully saturated rings. The molecule has 0 saturated carbocycles. The van der Waals surface area contributed by atoms with Crippen molar-refractivity contribution in [2.45, 2.75) is 32.0 Å². The van der Waals surface area contributed by atoms with Gasteiger partial charge < -0.3 is 24.0 Å². The van der Waals surface area contributed by atoms with Gasteiger partial charge in [0, 0.05) is 38.9 Å². The van der Waals surface area contributed by atoms with Gasteiger partial charge >= 0.3 is 0 Å². The van der Waals surface area contributed by atoms with E-state index in [4.69, 9.17) is 14.2 Å². The Morgan fingerprint density at radius 3 is 2.84 bits per heavy atom. The standard InChI is InChI=1S/C18H27N3O4/c1-14(25-13-16-4-3-9-24-16)18(22)21-7-5-20(6-8-21)15-10-17(23-2)12-19-11-15/h10-12,14,16H,3-9,13H2,1-2H3/t14-,16+/m1/s1. The number of carbonyl (C=O) groups excluding carboxylic acids is 1. The molecule has 2 saturated heterocycles. The lowest BCUT2D eigenvalue weighted by Crippen LogP contribution is -2.51. The first-order chi connectivity index (χ1) is 12.2. The van der Waals surface area contributed by atoms with Gasteiger partial charge in [0.15, 0.2) is 0 Å². The van der Waals surface area contributed by atoms with Crippen LogP contribution in [0.15, 0.2) is 18.5 Å². The second-order valence-electron chi connectivity index (χ2n) is 6.51. The number of piperazine rings is 1. The molecule has 2 aliphatic rings. The summed E-state index contributed by atoms with van der Waals surface area (Å²) in [7, 11) is 1.63. The predicted molar refractivity (Wildman–Crippen MR) is 94.0 cm³/mol. The van der Waals surface area contributed by atoms with Gasteiger partial charge in [0.2, 0.25) is 0 Å². The first kappa shape index (κ1) is 17.9. The van der Waals surface area contributed by atoms with Crippen molar-refractivity contribution < 1.29 is 19.0 Å². The Morgan fingerprint density at radius 2 is 2.16 bits per heavy atom. The highest BCUT2D eigenvalue weighted by Crippen LogP contribution is 2.21. The third-order valence-electron chi connectivity index (χ3n) is 4.79. The monoisotopic (exact) mass is 349 g/mol. The Labute approximate surface area is 148 Å². The smallest absolute Gasteiger partial charge is 0.251 e. The maximum absolute atomic E-state index is 12.6. The summed E-state index contributed by atoms with van der Waals surface area (Å²) in [5.41, 5.74) is 1.02. The third kappa shape index (κ3) is 4.61. The molecule has 0 unspecified atom stereocenters. The van der Waals surface area contributed by atoms with E-state index in [2.05, 4.69) is 9.88 Å². The van der Waals surface area contributed by atoms with E-state index in [0.29, 0.717) is 19.7 Å². The highest BCUT2D eigenvalue weighted by Gasteiger charge is 2.27. The normalized spacial score (nSPS) is 22.1. The molecule has 1 aromatic heterocycles. The van der Waals surface area contributed by atoms with Crippen LogP contribution in [0.25, 0.3) is 0 Å². The first-order valence-corrected chi connectivity index (χ1v) is 8.93. The van der Waals surface area contributed by atoms with Crippen molar-refractivity contribution in [2.75, 3.05) is 51.4 Å². The molecule has 0 N–H and O–H groups in total. The Morgan fingerprint density at radius 1 is 1.36 bits per heavy atom. The largest absolute Gasteiger partial charge is 0.495 e. The lowest BCUT2D eigenvalue weighted by molar-refractivity contribution is -0.144. The minimum atomic E-state index is -0.422. The maximum atomic E-state index is 12.6. The molecule has 0 aliphatic carbocycles. The van der Waals surface area contributed by atoms with Crippen molar-refractivity contribution in [3.63, 3.8) is 0 Å². The van der Waals surface area contributed by atoms with Crippen molar-refractivity contribution >= 4 is 11.6 Å². The van der Waals surface area contributed by atoms with Crippen LogP contribution in [0.3, 0.4) is 0 Å². The van der Waals surface area contributed by atoms with Crippen LogP contribution in [-0.4, -0.2) is 74.5 Å². The van der Waals surface area contributed by atoms with E-state index in [1.807, 2.05) is 24.1 Å². The SMILES string of the molecule is COc1cncc(N2CCN(C(=O)[C@@H](C)OC[C@@H]3CCCO3)CC2)c1. The number of carbonyl (C=O) groups is 1. The Bertz CT molecular complexity index is 569. The highest BCUT2D eigenvalue weighted by molar-refractivity contribution is 5.80. The number of nitrogens with zero attached hydrogens (tertiary/aromatic N) is 3. The lowest BCUT2D eigenvalue weighted by atomic mass is 10.2. The van der Waals surface area contributed by atoms with Gasteiger partial charge in [0.05, 0.1) is 37.9 Å². The molecule has 3 heterocycles. The number of aromatic nitrogens is 1. The van der Waals surface area contributed by atoms with E-state index in [-0.39, 0.29) is 12.0 Å². The van der Waals surface area contributed by atoms with Gasteiger partial charge in [0.1, 0.15) is 11.9 Å². The van der Waals surface area contributed by atoms with E-state index >= 15 is 0 Å². The number of methoxy groups -OCH3 is 1. The first-order valence-electron chi connectivity index (χ1n) is 8.93. The van der Waals surface area contributed by atoms with E-state index < -0.39 is 6.10 Å². The Hall–Kier alpha value is -1.86. The number of anilines is 1. The minimum Gasteiger partial charge on any atom is -0.495 e. The summed E-state index contributed by atoms with van der Waals surface area (Å²) >= 11 is 0. The summed E-state index contributed by atoms with van der Waals surface area (Å²) in [6.45, 7) is 6.06. The number of rotatable bonds is 6. The molecule has 1 amide bonds. The summed E-state index contributed by atoms with van der Waals surface area (Å²) in [5, 5.41) is 0. The predicted octanol–water partition coefficient (Wildman–Crippen LogP) is 1.32. The zero-order valence-corrected chi connectivity index (χ0v) is 15.0. The van der Waals surface area contributed by atoms with Gasteiger partial charge in [-0.15, -0.1) is 0 Å². The quantitative estimate of drug-likeness (QED) is 0.772. The fourth-order valence-corrected chi connectivity index (χ4v) is 3.23. The van der Waals surface area contributed by atoms with Gasteiger partial charge in [0.25, 0.3) is 5.91 Å². The highest BCUT2D eigenvalue weighted by atomic mass is 16.5. The van der Waals surface area contributed by atoms with E-state index in [1.54, 1.807) is 13.3 Å². The van der Waals surface area contributed by atoms with Crippen molar-refractivity contribution in [3.8, 4) is 5.75 Å². The van der Waals surface area contributed by atoms with Crippen LogP contribution in [-0.2, 0) is 14.3 Å². The Kier molecular flexibility index (Phi) is 6.09. The fraction of sp³-hybridized carbons (Fsp3) is 0.667. The number of amides is 1. The topological polar surface area (TPSA) is 64.1 Å². The summed E-state index contributed by atoms with van der Waals surface area (Å²) in [4.78, 5) is 20.9. The average molecular weight is 349 g/mol. The summed E-state index contributed by atoms with van der Waals surface area (Å²) in [6.07, 6.45) is 5.34. The molecule has 7 heteroatoms. The number of pyridine rings is 1. The van der Waals surface area contributed by atoms with Crippen LogP contribution in [0, 0.1) is 0 Å². The van der Waals surface area contributed by atoms with Crippen LogP contribution in [0.2, 0.25) is 0 Å². The lowest BCUT2D eigenvalue weighted by Gasteiger charge is -2.37. The number of hydrogen-bond donors (Lipinski definition) is 0. The molecule has 138 valence electrons. The van der Waals surface area contributed by atoms with Crippen LogP contribution in [0.1, 0.15) is 19.8 Å². The van der Waals surface area contributed by atoms with E-state index in [1.165, 1.54) is 0 Å². The van der Waals surface area contributed by atoms with Crippen molar-refractivity contribution in [1.29, 1.82) is 0 Å². The van der Waals surface area contributed by atoms with Gasteiger partial charge in [-0.3, -0.25) is 9.78 Å². The second-order valence-corrected chi connectivity index (χ2v) is 6.51. The molecule has 0 spiro atoms. The molecule has 0 aromatic carbocycles. The molecule has 1 aromatic rings. The second kappa shape index (κ2) is 8.49. The zero-order valence-electron chi connectivity index (χ0n) is 15.0. The fourth-order valence-electron chi connectivity index (χ4n) is 3.23. The molecule has 25 heavy (non-hydrogen) atoms. The van der Waals surface area contributed by atoms with Gasteiger partial charge in [-0.25, -0.2) is 0 Å². The van der Waals surface area contributed by atoms with Crippen molar-refractivity contribution in [3.05, 3.63) is 18.5 Å². The molecular formula is C18H27N3O4. The van der Waals surface area contributed by atoms with Crippen LogP contribution >= 0.6 is 0 Å². The van der Waals surface area contributed by atoms with Crippen LogP contribution in [0.5, 0.6) is 5.75 Å². The molecule has 0 bridgehead atoms. The molecule has 2 atom stereocenters. The van der Waals surface area contributed by atoms with Gasteiger partial charge in [-0.1, -0.05) is 0 Å². The molecule has 7 nitrogen and oxygen atoms in total. The van der Waals surface area contributed by atoms with E-state index in [0.717, 1.165) is 44.0 Å². The van der Waals surface area contributed by atoms with Gasteiger partial charge in [-0.2, -0.15) is 0 Å². The molecule has 0 radical (unpaired) electrons. The van der Waals surface area contributed by atoms with Crippen molar-refractivity contribution in [1.82, 2.24) is 9.88 Å². The van der Waals surface area contributed by atoms with Crippen LogP contribution in [0.4, 0.5) is 5.69 Å². The number of ether oxygens (including phenoxy) is 3. The summed E-state index contributed by atoms with van der Waals surface area (Å²) < 4.78 is 16.5. The van der Waals surface area contributed by atoms with Crippen molar-refractivity contribution in [2.24, 2.45) is 0 Å². The molecule has 2 aliphatic heterocycles. The minimum absolute atomic E-state index is 0.0569. The summed E-state index contributed by atoms with van der Waals surface area (Å²) in [6, 6.07) is 1.97. The number of hydrogen-bond acceptors (Lipinski definition) is 6. The zero-order chi connectivity index (χ0) is 17.6. The summed E-state index contributed by atoms with van der Waals surface area (Å²) in [5.74, 6) is 0.800. The third-order valence-corrected chi connectivity index (χ3v) is 4.79. The average Bonchev–Trinajstić information content (AvgIpc) is 3.19.